The third-order valence-electron chi connectivity index (χ3n) is 4.87. The first-order valence-corrected chi connectivity index (χ1v) is 9.35. The summed E-state index contributed by atoms with van der Waals surface area (Å²) in [6, 6.07) is 11.9. The normalized spacial score (nSPS) is 15.1. The van der Waals surface area contributed by atoms with Crippen molar-refractivity contribution in [1.82, 2.24) is 9.80 Å². The van der Waals surface area contributed by atoms with Crippen LogP contribution in [0.4, 0.5) is 16.2 Å². The highest BCUT2D eigenvalue weighted by Gasteiger charge is 2.21. The third kappa shape index (κ3) is 4.58. The molecule has 0 spiro atoms. The van der Waals surface area contributed by atoms with E-state index in [9.17, 15) is 4.79 Å². The first-order valence-electron chi connectivity index (χ1n) is 9.35. The Morgan fingerprint density at radius 2 is 1.77 bits per heavy atom. The maximum atomic E-state index is 12.5. The van der Waals surface area contributed by atoms with E-state index in [0.717, 1.165) is 57.3 Å². The molecule has 3 rings (SSSR count). The Kier molecular flexibility index (Phi) is 6.17. The van der Waals surface area contributed by atoms with Crippen molar-refractivity contribution in [2.75, 3.05) is 49.5 Å². The van der Waals surface area contributed by atoms with Crippen LogP contribution < -0.4 is 10.2 Å². The number of rotatable bonds is 6. The molecule has 1 N–H and O–H groups in total. The highest BCUT2D eigenvalue weighted by molar-refractivity contribution is 5.89. The van der Waals surface area contributed by atoms with Crippen LogP contribution in [0.15, 0.2) is 47.1 Å². The highest BCUT2D eigenvalue weighted by atomic mass is 16.3. The molecular formula is C20H28N4O2. The molecular weight excluding hydrogens is 328 g/mol. The van der Waals surface area contributed by atoms with Crippen molar-refractivity contribution in [3.8, 4) is 0 Å². The van der Waals surface area contributed by atoms with Gasteiger partial charge in [0.2, 0.25) is 0 Å². The molecule has 6 nitrogen and oxygen atoms in total. The molecule has 0 saturated carbocycles. The lowest BCUT2D eigenvalue weighted by Crippen LogP contribution is -2.49. The second kappa shape index (κ2) is 8.76. The average Bonchev–Trinajstić information content (AvgIpc) is 3.18. The minimum absolute atomic E-state index is 0.0294. The van der Waals surface area contributed by atoms with Crippen LogP contribution in [0.2, 0.25) is 0 Å². The smallest absolute Gasteiger partial charge is 0.321 e. The van der Waals surface area contributed by atoms with Crippen molar-refractivity contribution in [2.45, 2.75) is 20.4 Å². The number of carbonyl (C=O) groups is 1. The van der Waals surface area contributed by atoms with E-state index in [1.54, 1.807) is 6.26 Å². The number of amides is 2. The second-order valence-corrected chi connectivity index (χ2v) is 6.49. The largest absolute Gasteiger partial charge is 0.468 e. The van der Waals surface area contributed by atoms with Gasteiger partial charge in [-0.2, -0.15) is 0 Å². The minimum atomic E-state index is -0.0294. The van der Waals surface area contributed by atoms with E-state index in [0.29, 0.717) is 0 Å². The summed E-state index contributed by atoms with van der Waals surface area (Å²) in [7, 11) is 0. The van der Waals surface area contributed by atoms with E-state index >= 15 is 0 Å². The number of hydrogen-bond acceptors (Lipinski definition) is 4. The van der Waals surface area contributed by atoms with Gasteiger partial charge < -0.3 is 19.5 Å². The molecule has 0 unspecified atom stereocenters. The van der Waals surface area contributed by atoms with E-state index < -0.39 is 0 Å². The van der Waals surface area contributed by atoms with Gasteiger partial charge in [0.25, 0.3) is 0 Å². The van der Waals surface area contributed by atoms with Crippen LogP contribution in [-0.2, 0) is 6.54 Å². The maximum Gasteiger partial charge on any atom is 0.321 e. The molecule has 26 heavy (non-hydrogen) atoms. The number of benzene rings is 1. The SMILES string of the molecule is CCN(CC)c1ccc(NC(=O)N2CCN(Cc3ccco3)CC2)cc1. The van der Waals surface area contributed by atoms with Gasteiger partial charge >= 0.3 is 6.03 Å². The average molecular weight is 356 g/mol. The lowest BCUT2D eigenvalue weighted by atomic mass is 10.2. The number of carbonyl (C=O) groups excluding carboxylic acids is 1. The fourth-order valence-electron chi connectivity index (χ4n) is 3.28. The van der Waals surface area contributed by atoms with E-state index in [2.05, 4.69) is 41.1 Å². The molecule has 1 saturated heterocycles. The summed E-state index contributed by atoms with van der Waals surface area (Å²) in [5.41, 5.74) is 2.02. The molecule has 1 aromatic carbocycles. The molecule has 2 aromatic rings. The minimum Gasteiger partial charge on any atom is -0.468 e. The maximum absolute atomic E-state index is 12.5. The Morgan fingerprint density at radius 3 is 2.35 bits per heavy atom. The van der Waals surface area contributed by atoms with E-state index in [4.69, 9.17) is 4.42 Å². The Hall–Kier alpha value is -2.47. The fraction of sp³-hybridized carbons (Fsp3) is 0.450. The molecule has 1 fully saturated rings. The van der Waals surface area contributed by atoms with Gasteiger partial charge in [0, 0.05) is 50.6 Å². The van der Waals surface area contributed by atoms with Gasteiger partial charge in [-0.05, 0) is 50.2 Å². The Bertz CT molecular complexity index is 672. The molecule has 140 valence electrons. The zero-order valence-electron chi connectivity index (χ0n) is 15.6. The number of piperazine rings is 1. The second-order valence-electron chi connectivity index (χ2n) is 6.49. The fourth-order valence-corrected chi connectivity index (χ4v) is 3.28. The summed E-state index contributed by atoms with van der Waals surface area (Å²) < 4.78 is 5.39. The summed E-state index contributed by atoms with van der Waals surface area (Å²) in [6.45, 7) is 10.2. The predicted molar refractivity (Wildman–Crippen MR) is 105 cm³/mol. The quantitative estimate of drug-likeness (QED) is 0.861. The van der Waals surface area contributed by atoms with Gasteiger partial charge in [-0.25, -0.2) is 4.79 Å². The standard InChI is InChI=1S/C20H28N4O2/c1-3-23(4-2)18-9-7-17(8-10-18)21-20(25)24-13-11-22(12-14-24)16-19-6-5-15-26-19/h5-10,15H,3-4,11-14,16H2,1-2H3,(H,21,25). The van der Waals surface area contributed by atoms with Gasteiger partial charge in [-0.3, -0.25) is 4.90 Å². The van der Waals surface area contributed by atoms with Crippen molar-refractivity contribution in [3.63, 3.8) is 0 Å². The topological polar surface area (TPSA) is 52.0 Å². The van der Waals surface area contributed by atoms with Crippen LogP contribution >= 0.6 is 0 Å². The Balaban J connectivity index is 1.48. The molecule has 0 radical (unpaired) electrons. The first-order chi connectivity index (χ1) is 12.7. The van der Waals surface area contributed by atoms with Gasteiger partial charge in [0.1, 0.15) is 5.76 Å². The van der Waals surface area contributed by atoms with Gasteiger partial charge in [-0.1, -0.05) is 0 Å². The van der Waals surface area contributed by atoms with Crippen molar-refractivity contribution in [3.05, 3.63) is 48.4 Å². The molecule has 2 heterocycles. The number of urea groups is 1. The number of hydrogen-bond donors (Lipinski definition) is 1. The van der Waals surface area contributed by atoms with Crippen LogP contribution in [0.3, 0.4) is 0 Å². The van der Waals surface area contributed by atoms with E-state index in [1.165, 1.54) is 5.69 Å². The van der Waals surface area contributed by atoms with Crippen LogP contribution in [-0.4, -0.2) is 55.1 Å². The van der Waals surface area contributed by atoms with Crippen molar-refractivity contribution >= 4 is 17.4 Å². The molecule has 0 atom stereocenters. The summed E-state index contributed by atoms with van der Waals surface area (Å²) in [5.74, 6) is 0.969. The van der Waals surface area contributed by atoms with Crippen LogP contribution in [0.25, 0.3) is 0 Å². The zero-order chi connectivity index (χ0) is 18.4. The molecule has 0 bridgehead atoms. The number of nitrogens with zero attached hydrogens (tertiary/aromatic N) is 3. The molecule has 2 amide bonds. The number of nitrogens with one attached hydrogen (secondary N) is 1. The number of furan rings is 1. The summed E-state index contributed by atoms with van der Waals surface area (Å²) >= 11 is 0. The molecule has 1 aliphatic heterocycles. The Morgan fingerprint density at radius 1 is 1.08 bits per heavy atom. The van der Waals surface area contributed by atoms with Crippen LogP contribution in [0.1, 0.15) is 19.6 Å². The molecule has 1 aliphatic rings. The summed E-state index contributed by atoms with van der Waals surface area (Å²) in [4.78, 5) is 19.0. The lowest BCUT2D eigenvalue weighted by Gasteiger charge is -2.34. The van der Waals surface area contributed by atoms with E-state index in [1.807, 2.05) is 29.2 Å². The monoisotopic (exact) mass is 356 g/mol. The van der Waals surface area contributed by atoms with Crippen molar-refractivity contribution in [1.29, 1.82) is 0 Å². The molecule has 1 aromatic heterocycles. The molecule has 0 aliphatic carbocycles. The van der Waals surface area contributed by atoms with Gasteiger partial charge in [-0.15, -0.1) is 0 Å². The van der Waals surface area contributed by atoms with Crippen LogP contribution in [0, 0.1) is 0 Å². The predicted octanol–water partition coefficient (Wildman–Crippen LogP) is 3.48. The lowest BCUT2D eigenvalue weighted by molar-refractivity contribution is 0.137. The van der Waals surface area contributed by atoms with E-state index in [-0.39, 0.29) is 6.03 Å². The molecule has 6 heteroatoms. The van der Waals surface area contributed by atoms with Gasteiger partial charge in [0.05, 0.1) is 12.8 Å². The number of anilines is 2. The van der Waals surface area contributed by atoms with Crippen LogP contribution in [0.5, 0.6) is 0 Å². The highest BCUT2D eigenvalue weighted by Crippen LogP contribution is 2.18. The first kappa shape index (κ1) is 18.3. The summed E-state index contributed by atoms with van der Waals surface area (Å²) in [5, 5.41) is 3.01. The third-order valence-corrected chi connectivity index (χ3v) is 4.87. The van der Waals surface area contributed by atoms with Crippen molar-refractivity contribution in [2.24, 2.45) is 0 Å². The summed E-state index contributed by atoms with van der Waals surface area (Å²) in [6.07, 6.45) is 1.70. The van der Waals surface area contributed by atoms with Crippen molar-refractivity contribution < 1.29 is 9.21 Å². The zero-order valence-corrected chi connectivity index (χ0v) is 15.6. The Labute approximate surface area is 155 Å². The van der Waals surface area contributed by atoms with Gasteiger partial charge in [0.15, 0.2) is 0 Å².